The number of nitrogens with zero attached hydrogens (tertiary/aromatic N) is 4. The van der Waals surface area contributed by atoms with Crippen molar-refractivity contribution in [3.8, 4) is 17.1 Å². The van der Waals surface area contributed by atoms with Crippen LogP contribution in [-0.4, -0.2) is 77.3 Å². The number of anilines is 1. The van der Waals surface area contributed by atoms with Crippen molar-refractivity contribution in [3.05, 3.63) is 40.1 Å². The number of aromatic nitrogens is 2. The van der Waals surface area contributed by atoms with Gasteiger partial charge in [0.1, 0.15) is 18.2 Å². The minimum absolute atomic E-state index is 0.0240. The molecule has 2 heterocycles. The van der Waals surface area contributed by atoms with Gasteiger partial charge in [0.2, 0.25) is 0 Å². The molecule has 0 radical (unpaired) electrons. The van der Waals surface area contributed by atoms with Gasteiger partial charge in [0.05, 0.1) is 23.4 Å². The zero-order valence-electron chi connectivity index (χ0n) is 25.2. The molecule has 1 aromatic carbocycles. The van der Waals surface area contributed by atoms with E-state index in [2.05, 4.69) is 4.90 Å². The van der Waals surface area contributed by atoms with Gasteiger partial charge in [-0.25, -0.2) is 9.97 Å². The van der Waals surface area contributed by atoms with Gasteiger partial charge in [-0.05, 0) is 72.2 Å². The van der Waals surface area contributed by atoms with Crippen LogP contribution in [0.2, 0.25) is 5.02 Å². The molecule has 2 aliphatic rings. The lowest BCUT2D eigenvalue weighted by Gasteiger charge is -2.61. The van der Waals surface area contributed by atoms with Crippen LogP contribution in [0.4, 0.5) is 19.0 Å². The first kappa shape index (κ1) is 32.2. The van der Waals surface area contributed by atoms with Crippen molar-refractivity contribution in [1.29, 1.82) is 5.41 Å². The summed E-state index contributed by atoms with van der Waals surface area (Å²) in [5, 5.41) is 19.0. The Bertz CT molecular complexity index is 1340. The Kier molecular flexibility index (Phi) is 9.59. The van der Waals surface area contributed by atoms with E-state index in [4.69, 9.17) is 31.7 Å². The molecule has 4 rings (SSSR count). The van der Waals surface area contributed by atoms with Crippen LogP contribution in [0.25, 0.3) is 17.0 Å². The predicted octanol–water partition coefficient (Wildman–Crippen LogP) is 6.94. The Labute approximate surface area is 251 Å². The third kappa shape index (κ3) is 7.09. The van der Waals surface area contributed by atoms with E-state index in [1.807, 2.05) is 27.7 Å². The zero-order chi connectivity index (χ0) is 31.0. The number of hydrogen-bond donors (Lipinski definition) is 2. The lowest BCUT2D eigenvalue weighted by Crippen LogP contribution is -2.67. The number of ether oxygens (including phenoxy) is 1. The Hall–Kier alpha value is -2.69. The summed E-state index contributed by atoms with van der Waals surface area (Å²) in [4.78, 5) is 13.4. The number of allylic oxidation sites excluding steroid dienone is 2. The second-order valence-electron chi connectivity index (χ2n) is 12.2. The largest absolute Gasteiger partial charge is 0.491 e. The first-order valence-electron chi connectivity index (χ1n) is 14.4. The maximum atomic E-state index is 12.9. The average molecular weight is 608 g/mol. The number of aliphatic hydroxyl groups excluding tert-OH is 1. The molecule has 1 saturated carbocycles. The minimum Gasteiger partial charge on any atom is -0.491 e. The molecule has 7 nitrogen and oxygen atoms in total. The van der Waals surface area contributed by atoms with E-state index in [9.17, 15) is 18.3 Å². The first-order valence-corrected chi connectivity index (χ1v) is 14.8. The van der Waals surface area contributed by atoms with Crippen molar-refractivity contribution in [2.24, 2.45) is 5.41 Å². The maximum absolute atomic E-state index is 12.9. The fourth-order valence-electron chi connectivity index (χ4n) is 6.18. The van der Waals surface area contributed by atoms with Crippen molar-refractivity contribution in [3.63, 3.8) is 0 Å². The summed E-state index contributed by atoms with van der Waals surface area (Å²) in [5.41, 5.74) is 4.11. The van der Waals surface area contributed by atoms with Gasteiger partial charge in [-0.15, -0.1) is 0 Å². The number of alkyl halides is 3. The van der Waals surface area contributed by atoms with Crippen molar-refractivity contribution in [1.82, 2.24) is 14.9 Å². The van der Waals surface area contributed by atoms with E-state index in [0.29, 0.717) is 65.9 Å². The number of halogens is 4. The summed E-state index contributed by atoms with van der Waals surface area (Å²) in [6.07, 6.45) is -1.86. The fourth-order valence-corrected chi connectivity index (χ4v) is 6.38. The van der Waals surface area contributed by atoms with Crippen LogP contribution in [0.1, 0.15) is 64.6 Å². The van der Waals surface area contributed by atoms with Crippen LogP contribution in [0.3, 0.4) is 0 Å². The second-order valence-corrected chi connectivity index (χ2v) is 12.6. The smallest absolute Gasteiger partial charge is 0.401 e. The molecule has 2 N–H and O–H groups in total. The van der Waals surface area contributed by atoms with Gasteiger partial charge in [0.15, 0.2) is 5.82 Å². The van der Waals surface area contributed by atoms with Crippen molar-refractivity contribution >= 4 is 28.7 Å². The molecular formula is C31H41ClF3N5O2. The molecule has 0 unspecified atom stereocenters. The number of nitrogens with one attached hydrogen (secondary N) is 1. The molecule has 1 atom stereocenters. The summed E-state index contributed by atoms with van der Waals surface area (Å²) < 4.78 is 44.5. The Morgan fingerprint density at radius 2 is 1.90 bits per heavy atom. The zero-order valence-corrected chi connectivity index (χ0v) is 26.0. The van der Waals surface area contributed by atoms with Crippen LogP contribution in [-0.2, 0) is 0 Å². The number of aliphatic hydroxyl groups is 1. The molecule has 1 aliphatic carbocycles. The van der Waals surface area contributed by atoms with Gasteiger partial charge >= 0.3 is 6.18 Å². The molecule has 1 spiro atoms. The van der Waals surface area contributed by atoms with Gasteiger partial charge in [0, 0.05) is 47.0 Å². The van der Waals surface area contributed by atoms with Crippen LogP contribution < -0.4 is 9.64 Å². The summed E-state index contributed by atoms with van der Waals surface area (Å²) in [6, 6.07) is 5.14. The molecule has 1 aromatic heterocycles. The van der Waals surface area contributed by atoms with E-state index in [-0.39, 0.29) is 18.1 Å². The Morgan fingerprint density at radius 1 is 1.24 bits per heavy atom. The molecule has 0 amide bonds. The van der Waals surface area contributed by atoms with Crippen LogP contribution in [0, 0.1) is 17.7 Å². The predicted molar refractivity (Wildman–Crippen MR) is 162 cm³/mol. The summed E-state index contributed by atoms with van der Waals surface area (Å²) in [6.45, 7) is 10.2. The van der Waals surface area contributed by atoms with Gasteiger partial charge in [0.25, 0.3) is 0 Å². The first-order chi connectivity index (χ1) is 19.6. The van der Waals surface area contributed by atoms with Gasteiger partial charge < -0.3 is 20.2 Å². The molecule has 1 saturated heterocycles. The second kappa shape index (κ2) is 12.5. The average Bonchev–Trinajstić information content (AvgIpc) is 2.82. The highest BCUT2D eigenvalue weighted by Crippen LogP contribution is 2.52. The standard InChI is InChI=1S/C31H41ClF3N5O2/c1-7-8-22(41)14-42-23-9-10-25(32)24(11-23)28-37-27(26(18(2)3)20(5)36)19(4)29(38-28)40-15-30(16-40)12-21(13-30)39(6)17-31(33,34)35/h9-11,21-22,36,41H,7-8,12-17H2,1-6H3/t22-/m1/s1. The summed E-state index contributed by atoms with van der Waals surface area (Å²) in [7, 11) is 1.54. The molecular weight excluding hydrogens is 567 g/mol. The fraction of sp³-hybridized carbons (Fsp3) is 0.581. The quantitative estimate of drug-likeness (QED) is 0.269. The topological polar surface area (TPSA) is 85.6 Å². The molecule has 2 fully saturated rings. The Balaban J connectivity index is 1.65. The normalized spacial score (nSPS) is 17.2. The summed E-state index contributed by atoms with van der Waals surface area (Å²) >= 11 is 6.65. The minimum atomic E-state index is -4.21. The van der Waals surface area contributed by atoms with E-state index in [0.717, 1.165) is 28.9 Å². The van der Waals surface area contributed by atoms with Crippen LogP contribution >= 0.6 is 11.6 Å². The highest BCUT2D eigenvalue weighted by Gasteiger charge is 2.54. The highest BCUT2D eigenvalue weighted by atomic mass is 35.5. The number of hydrogen-bond acceptors (Lipinski definition) is 7. The molecule has 1 aliphatic heterocycles. The van der Waals surface area contributed by atoms with E-state index >= 15 is 0 Å². The monoisotopic (exact) mass is 607 g/mol. The lowest BCUT2D eigenvalue weighted by molar-refractivity contribution is -0.158. The number of rotatable bonds is 11. The molecule has 230 valence electrons. The summed E-state index contributed by atoms with van der Waals surface area (Å²) in [5.74, 6) is 1.66. The molecule has 42 heavy (non-hydrogen) atoms. The molecule has 0 bridgehead atoms. The van der Waals surface area contributed by atoms with Gasteiger partial charge in [-0.3, -0.25) is 4.90 Å². The van der Waals surface area contributed by atoms with Gasteiger partial charge in [-0.2, -0.15) is 13.2 Å². The molecule has 11 heteroatoms. The van der Waals surface area contributed by atoms with E-state index in [1.54, 1.807) is 32.2 Å². The van der Waals surface area contributed by atoms with E-state index in [1.165, 1.54) is 4.90 Å². The Morgan fingerprint density at radius 3 is 2.48 bits per heavy atom. The lowest BCUT2D eigenvalue weighted by atomic mass is 9.60. The van der Waals surface area contributed by atoms with Crippen molar-refractivity contribution in [2.45, 2.75) is 78.6 Å². The van der Waals surface area contributed by atoms with Crippen molar-refractivity contribution in [2.75, 3.05) is 38.2 Å². The van der Waals surface area contributed by atoms with Crippen molar-refractivity contribution < 1.29 is 23.0 Å². The molecule has 2 aromatic rings. The van der Waals surface area contributed by atoms with Crippen LogP contribution in [0.15, 0.2) is 23.8 Å². The van der Waals surface area contributed by atoms with E-state index < -0.39 is 18.8 Å². The maximum Gasteiger partial charge on any atom is 0.401 e. The third-order valence-electron chi connectivity index (χ3n) is 8.22. The SMILES string of the molecule is CCC[C@@H](O)COc1ccc(Cl)c(-c2nc(C(C(C)=N)=C(C)C)c(C)c(N3CC4(CC(N(C)CC(F)(F)F)C4)C3)n2)c1. The third-order valence-corrected chi connectivity index (χ3v) is 8.55. The highest BCUT2D eigenvalue weighted by molar-refractivity contribution is 6.33. The van der Waals surface area contributed by atoms with Crippen LogP contribution in [0.5, 0.6) is 5.75 Å². The number of benzene rings is 1. The van der Waals surface area contributed by atoms with Gasteiger partial charge in [-0.1, -0.05) is 30.5 Å².